The number of carbonyl (C=O) groups excluding carboxylic acids is 2. The largest absolute Gasteiger partial charge is 0.390 e. The Morgan fingerprint density at radius 1 is 1.23 bits per heavy atom. The Kier molecular flexibility index (Phi) is 6.50. The Bertz CT molecular complexity index is 1250. The maximum Gasteiger partial charge on any atom is 0.182 e. The highest BCUT2D eigenvalue weighted by molar-refractivity contribution is 6.29. The average molecular weight is 560 g/mol. The summed E-state index contributed by atoms with van der Waals surface area (Å²) in [6.45, 7) is 4.63. The number of aryl methyl sites for hydroxylation is 1. The molecular formula is C31H36ClF2NO4. The number of alkyl halides is 2. The number of fused-ring (bicyclic) bond motifs is 7. The van der Waals surface area contributed by atoms with Crippen LogP contribution in [0.4, 0.5) is 8.78 Å². The van der Waals surface area contributed by atoms with Crippen LogP contribution in [0.25, 0.3) is 0 Å². The summed E-state index contributed by atoms with van der Waals surface area (Å²) in [5.74, 6) is -2.75. The Balaban J connectivity index is 1.32. The van der Waals surface area contributed by atoms with Crippen molar-refractivity contribution in [1.82, 2.24) is 5.06 Å². The van der Waals surface area contributed by atoms with Crippen LogP contribution in [0.15, 0.2) is 53.9 Å². The summed E-state index contributed by atoms with van der Waals surface area (Å²) in [6.07, 6.45) is 3.11. The lowest BCUT2D eigenvalue weighted by atomic mass is 9.45. The molecule has 1 aromatic rings. The van der Waals surface area contributed by atoms with Gasteiger partial charge in [-0.2, -0.15) is 5.06 Å². The van der Waals surface area contributed by atoms with E-state index in [9.17, 15) is 14.7 Å². The van der Waals surface area contributed by atoms with Gasteiger partial charge in [0.1, 0.15) is 5.83 Å². The fourth-order valence-corrected chi connectivity index (χ4v) is 9.33. The zero-order valence-electron chi connectivity index (χ0n) is 22.5. The van der Waals surface area contributed by atoms with Gasteiger partial charge in [0.15, 0.2) is 22.8 Å². The smallest absolute Gasteiger partial charge is 0.182 e. The second-order valence-corrected chi connectivity index (χ2v) is 12.9. The fraction of sp³-hybridized carbons (Fsp3) is 0.613. The molecule has 210 valence electrons. The minimum Gasteiger partial charge on any atom is -0.390 e. The molecule has 8 atom stereocenters. The van der Waals surface area contributed by atoms with E-state index in [0.29, 0.717) is 19.5 Å². The second kappa shape index (κ2) is 9.30. The van der Waals surface area contributed by atoms with E-state index in [4.69, 9.17) is 16.4 Å². The molecule has 1 heterocycles. The molecule has 5 aliphatic rings. The molecule has 3 fully saturated rings. The summed E-state index contributed by atoms with van der Waals surface area (Å²) in [7, 11) is 0. The van der Waals surface area contributed by atoms with Crippen molar-refractivity contribution in [3.05, 3.63) is 59.4 Å². The highest BCUT2D eigenvalue weighted by atomic mass is 35.5. The Hall–Kier alpha value is -1.93. The van der Waals surface area contributed by atoms with Gasteiger partial charge in [-0.25, -0.2) is 8.78 Å². The van der Waals surface area contributed by atoms with Crippen LogP contribution in [-0.2, 0) is 20.8 Å². The summed E-state index contributed by atoms with van der Waals surface area (Å²) >= 11 is 6.18. The van der Waals surface area contributed by atoms with Gasteiger partial charge in [0, 0.05) is 48.6 Å². The number of rotatable bonds is 6. The van der Waals surface area contributed by atoms with Crippen molar-refractivity contribution < 1.29 is 28.3 Å². The van der Waals surface area contributed by atoms with Crippen LogP contribution < -0.4 is 0 Å². The molecule has 39 heavy (non-hydrogen) atoms. The number of benzene rings is 1. The van der Waals surface area contributed by atoms with Gasteiger partial charge in [-0.3, -0.25) is 14.4 Å². The summed E-state index contributed by atoms with van der Waals surface area (Å²) in [4.78, 5) is 32.3. The number of halogens is 3. The topological polar surface area (TPSA) is 66.8 Å². The molecule has 0 amide bonds. The fourth-order valence-electron chi connectivity index (χ4n) is 9.13. The molecule has 8 heteroatoms. The van der Waals surface area contributed by atoms with Crippen LogP contribution in [0.1, 0.15) is 51.5 Å². The van der Waals surface area contributed by atoms with Crippen molar-refractivity contribution in [2.75, 3.05) is 19.0 Å². The monoisotopic (exact) mass is 559 g/mol. The summed E-state index contributed by atoms with van der Waals surface area (Å²) in [5, 5.41) is 13.4. The van der Waals surface area contributed by atoms with Crippen LogP contribution in [0.5, 0.6) is 0 Å². The lowest BCUT2D eigenvalue weighted by Crippen LogP contribution is -2.69. The van der Waals surface area contributed by atoms with Crippen molar-refractivity contribution in [3.63, 3.8) is 0 Å². The first-order chi connectivity index (χ1) is 18.5. The predicted octanol–water partition coefficient (Wildman–Crippen LogP) is 5.31. The van der Waals surface area contributed by atoms with Gasteiger partial charge < -0.3 is 5.11 Å². The van der Waals surface area contributed by atoms with Crippen LogP contribution in [0.2, 0.25) is 0 Å². The lowest BCUT2D eigenvalue weighted by molar-refractivity contribution is -0.262. The first-order valence-corrected chi connectivity index (χ1v) is 14.6. The molecule has 4 aliphatic carbocycles. The van der Waals surface area contributed by atoms with Gasteiger partial charge in [0.2, 0.25) is 0 Å². The molecule has 1 saturated heterocycles. The maximum absolute atomic E-state index is 17.5. The van der Waals surface area contributed by atoms with Crippen molar-refractivity contribution >= 4 is 23.2 Å². The molecule has 0 aromatic heterocycles. The van der Waals surface area contributed by atoms with E-state index < -0.39 is 45.9 Å². The first-order valence-electron chi connectivity index (χ1n) is 14.1. The van der Waals surface area contributed by atoms with Gasteiger partial charge in [0.05, 0.1) is 12.0 Å². The van der Waals surface area contributed by atoms with E-state index >= 15 is 8.78 Å². The highest BCUT2D eigenvalue weighted by Crippen LogP contribution is 2.72. The van der Waals surface area contributed by atoms with E-state index in [2.05, 4.69) is 12.1 Å². The van der Waals surface area contributed by atoms with Gasteiger partial charge in [0.25, 0.3) is 0 Å². The van der Waals surface area contributed by atoms with E-state index in [1.54, 1.807) is 6.92 Å². The molecule has 1 aliphatic heterocycles. The number of hydrogen-bond donors (Lipinski definition) is 1. The van der Waals surface area contributed by atoms with E-state index in [1.807, 2.05) is 30.2 Å². The number of hydroxylamine groups is 2. The number of ketones is 2. The third-order valence-corrected chi connectivity index (χ3v) is 11.2. The zero-order chi connectivity index (χ0) is 27.8. The van der Waals surface area contributed by atoms with Crippen LogP contribution in [0, 0.1) is 28.6 Å². The normalized spacial score (nSPS) is 43.2. The molecule has 0 spiro atoms. The van der Waals surface area contributed by atoms with Gasteiger partial charge in [-0.1, -0.05) is 43.3 Å². The number of nitrogens with zero attached hydrogens (tertiary/aromatic N) is 1. The average Bonchev–Trinajstić information content (AvgIpc) is 3.39. The summed E-state index contributed by atoms with van der Waals surface area (Å²) in [5.41, 5.74) is -4.46. The van der Waals surface area contributed by atoms with Crippen LogP contribution in [0.3, 0.4) is 0 Å². The minimum absolute atomic E-state index is 0.00603. The van der Waals surface area contributed by atoms with Gasteiger partial charge >= 0.3 is 0 Å². The molecule has 0 unspecified atom stereocenters. The molecule has 5 nitrogen and oxygen atoms in total. The molecular weight excluding hydrogens is 524 g/mol. The van der Waals surface area contributed by atoms with E-state index in [1.165, 1.54) is 17.7 Å². The van der Waals surface area contributed by atoms with Crippen LogP contribution in [-0.4, -0.2) is 58.1 Å². The number of allylic oxidation sites excluding steroid dienone is 4. The molecule has 1 aromatic carbocycles. The third-order valence-electron chi connectivity index (χ3n) is 11.0. The molecule has 0 bridgehead atoms. The van der Waals surface area contributed by atoms with Crippen molar-refractivity contribution in [1.29, 1.82) is 0 Å². The molecule has 1 N–H and O–H groups in total. The maximum atomic E-state index is 17.5. The quantitative estimate of drug-likeness (QED) is 0.479. The van der Waals surface area contributed by atoms with E-state index in [0.717, 1.165) is 12.8 Å². The SMILES string of the molecule is C[C@]12C=CC(=O)CC1=C(F)C[C@H]1[C@@H]3C[C@H]4CN(CCCc5ccccc5)O[C@@]4(C(=O)CCl)[C@@]3(C)C[C@H](O)[C@@]12F. The Morgan fingerprint density at radius 2 is 1.97 bits per heavy atom. The highest BCUT2D eigenvalue weighted by Gasteiger charge is 2.79. The van der Waals surface area contributed by atoms with Crippen LogP contribution >= 0.6 is 11.6 Å². The third kappa shape index (κ3) is 3.58. The molecule has 0 radical (unpaired) electrons. The number of Topliss-reactive ketones (excluding diaryl/α,β-unsaturated/α-hetero) is 1. The van der Waals surface area contributed by atoms with Crippen molar-refractivity contribution in [3.8, 4) is 0 Å². The first kappa shape index (κ1) is 27.3. The number of hydrogen-bond acceptors (Lipinski definition) is 5. The number of aliphatic hydroxyl groups is 1. The second-order valence-electron chi connectivity index (χ2n) is 12.7. The van der Waals surface area contributed by atoms with Gasteiger partial charge in [-0.05, 0) is 55.7 Å². The number of aliphatic hydroxyl groups excluding tert-OH is 1. The predicted molar refractivity (Wildman–Crippen MR) is 143 cm³/mol. The Labute approximate surface area is 233 Å². The minimum atomic E-state index is -2.17. The number of carbonyl (C=O) groups is 2. The zero-order valence-corrected chi connectivity index (χ0v) is 23.2. The molecule has 6 rings (SSSR count). The van der Waals surface area contributed by atoms with Gasteiger partial charge in [-0.15, -0.1) is 11.6 Å². The van der Waals surface area contributed by atoms with Crippen molar-refractivity contribution in [2.45, 2.75) is 69.7 Å². The summed E-state index contributed by atoms with van der Waals surface area (Å²) in [6, 6.07) is 10.2. The summed E-state index contributed by atoms with van der Waals surface area (Å²) < 4.78 is 33.1. The lowest BCUT2D eigenvalue weighted by Gasteiger charge is -2.62. The van der Waals surface area contributed by atoms with Crippen molar-refractivity contribution in [2.24, 2.45) is 28.6 Å². The molecule has 2 saturated carbocycles. The standard InChI is InChI=1S/C31H36ClF2NO4/c1-28-11-10-21(36)14-24(28)25(33)15-23-22-13-20-18-35(12-6-9-19-7-4-3-5-8-19)39-31(20,27(38)17-32)29(22,2)16-26(37)30(23,28)34/h3-5,7-8,10-11,20,22-23,26,37H,6,9,12-18H2,1-2H3/t20-,22-,23-,26-,28-,29-,30-,31-/m0/s1. The Morgan fingerprint density at radius 3 is 2.69 bits per heavy atom. The van der Waals surface area contributed by atoms with E-state index in [-0.39, 0.29) is 48.2 Å².